The molecule has 0 aliphatic carbocycles. The van der Waals surface area contributed by atoms with Gasteiger partial charge in [0.1, 0.15) is 5.75 Å². The topological polar surface area (TPSA) is 95.6 Å². The molecule has 0 aliphatic rings. The molecule has 0 fully saturated rings. The summed E-state index contributed by atoms with van der Waals surface area (Å²) in [5.41, 5.74) is 5.28. The molecule has 3 rings (SSSR count). The first-order valence-corrected chi connectivity index (χ1v) is 8.47. The lowest BCUT2D eigenvalue weighted by atomic mass is 10.1. The van der Waals surface area contributed by atoms with E-state index in [9.17, 15) is 9.59 Å². The number of para-hydroxylation sites is 2. The first-order valence-electron chi connectivity index (χ1n) is 8.47. The van der Waals surface area contributed by atoms with Gasteiger partial charge in [-0.3, -0.25) is 9.59 Å². The summed E-state index contributed by atoms with van der Waals surface area (Å²) >= 11 is 0. The maximum atomic E-state index is 11.8. The van der Waals surface area contributed by atoms with Crippen molar-refractivity contribution in [2.45, 2.75) is 6.92 Å². The zero-order valence-corrected chi connectivity index (χ0v) is 14.9. The molecular weight excluding hydrogens is 344 g/mol. The van der Waals surface area contributed by atoms with E-state index < -0.39 is 5.91 Å². The van der Waals surface area contributed by atoms with Gasteiger partial charge in [-0.1, -0.05) is 36.4 Å². The third-order valence-corrected chi connectivity index (χ3v) is 3.89. The highest BCUT2D eigenvalue weighted by Crippen LogP contribution is 2.19. The normalized spacial score (nSPS) is 10.9. The Morgan fingerprint density at radius 3 is 2.63 bits per heavy atom. The van der Waals surface area contributed by atoms with Gasteiger partial charge in [0.25, 0.3) is 11.8 Å². The molecule has 0 aliphatic heterocycles. The number of nitrogens with one attached hydrogen (secondary N) is 3. The van der Waals surface area contributed by atoms with Gasteiger partial charge in [0.15, 0.2) is 6.61 Å². The van der Waals surface area contributed by atoms with Gasteiger partial charge in [-0.25, -0.2) is 5.43 Å². The van der Waals surface area contributed by atoms with Crippen LogP contribution in [0.2, 0.25) is 0 Å². The zero-order chi connectivity index (χ0) is 19.1. The minimum atomic E-state index is -0.420. The van der Waals surface area contributed by atoms with E-state index in [4.69, 9.17) is 4.74 Å². The minimum Gasteiger partial charge on any atom is -0.484 e. The highest BCUT2D eigenvalue weighted by molar-refractivity contribution is 6.00. The lowest BCUT2D eigenvalue weighted by Gasteiger charge is -2.06. The van der Waals surface area contributed by atoms with E-state index in [-0.39, 0.29) is 19.1 Å². The number of aromatic amines is 1. The third-order valence-electron chi connectivity index (χ3n) is 3.89. The Kier molecular flexibility index (Phi) is 5.84. The van der Waals surface area contributed by atoms with Crippen molar-refractivity contribution >= 4 is 28.9 Å². The zero-order valence-electron chi connectivity index (χ0n) is 14.9. The van der Waals surface area contributed by atoms with Gasteiger partial charge >= 0.3 is 0 Å². The number of benzene rings is 2. The summed E-state index contributed by atoms with van der Waals surface area (Å²) in [4.78, 5) is 26.8. The maximum Gasteiger partial charge on any atom is 0.259 e. The minimum absolute atomic E-state index is 0.158. The molecule has 138 valence electrons. The summed E-state index contributed by atoms with van der Waals surface area (Å²) in [6.07, 6.45) is 1.59. The first-order chi connectivity index (χ1) is 13.1. The quantitative estimate of drug-likeness (QED) is 0.443. The van der Waals surface area contributed by atoms with Crippen LogP contribution in [0.4, 0.5) is 0 Å². The second-order valence-electron chi connectivity index (χ2n) is 5.88. The molecular formula is C20H20N4O3. The summed E-state index contributed by atoms with van der Waals surface area (Å²) in [5.74, 6) is -0.210. The standard InChI is InChI=1S/C20H20N4O3/c1-14-17(16-9-5-6-10-18(16)23-14)11-22-24-19(25)12-21-20(26)13-27-15-7-3-2-4-8-15/h2-11,23H,12-13H2,1H3,(H,21,26)(H,24,25)/b22-11+. The number of hydrogen-bond donors (Lipinski definition) is 3. The van der Waals surface area contributed by atoms with Gasteiger partial charge < -0.3 is 15.0 Å². The number of H-pyrrole nitrogens is 1. The molecule has 7 nitrogen and oxygen atoms in total. The van der Waals surface area contributed by atoms with Crippen LogP contribution in [0.15, 0.2) is 59.7 Å². The molecule has 0 bridgehead atoms. The number of rotatable bonds is 7. The molecule has 0 atom stereocenters. The van der Waals surface area contributed by atoms with E-state index in [0.717, 1.165) is 22.2 Å². The number of carbonyl (C=O) groups excluding carboxylic acids is 2. The van der Waals surface area contributed by atoms with Crippen LogP contribution < -0.4 is 15.5 Å². The van der Waals surface area contributed by atoms with Gasteiger partial charge in [-0.05, 0) is 25.1 Å². The lowest BCUT2D eigenvalue weighted by molar-refractivity contribution is -0.127. The molecule has 0 saturated heterocycles. The van der Waals surface area contributed by atoms with E-state index in [0.29, 0.717) is 5.75 Å². The van der Waals surface area contributed by atoms with Crippen molar-refractivity contribution in [3.8, 4) is 5.75 Å². The molecule has 0 spiro atoms. The van der Waals surface area contributed by atoms with Crippen LogP contribution in [0.1, 0.15) is 11.3 Å². The lowest BCUT2D eigenvalue weighted by Crippen LogP contribution is -2.37. The van der Waals surface area contributed by atoms with Crippen LogP contribution in [0.25, 0.3) is 10.9 Å². The Balaban J connectivity index is 1.44. The van der Waals surface area contributed by atoms with Crippen molar-refractivity contribution in [3.63, 3.8) is 0 Å². The van der Waals surface area contributed by atoms with Crippen molar-refractivity contribution in [2.24, 2.45) is 5.10 Å². The molecule has 2 amide bonds. The second-order valence-corrected chi connectivity index (χ2v) is 5.88. The molecule has 0 saturated carbocycles. The summed E-state index contributed by atoms with van der Waals surface area (Å²) in [7, 11) is 0. The van der Waals surface area contributed by atoms with Crippen LogP contribution in [0.5, 0.6) is 5.75 Å². The number of fused-ring (bicyclic) bond motifs is 1. The van der Waals surface area contributed by atoms with Crippen molar-refractivity contribution in [2.75, 3.05) is 13.2 Å². The average Bonchev–Trinajstić information content (AvgIpc) is 3.01. The molecule has 1 aromatic heterocycles. The van der Waals surface area contributed by atoms with Crippen molar-refractivity contribution in [1.82, 2.24) is 15.7 Å². The molecule has 7 heteroatoms. The molecule has 3 N–H and O–H groups in total. The molecule has 0 unspecified atom stereocenters. The largest absolute Gasteiger partial charge is 0.484 e. The van der Waals surface area contributed by atoms with Crippen LogP contribution in [0.3, 0.4) is 0 Å². The number of amides is 2. The average molecular weight is 364 g/mol. The third kappa shape index (κ3) is 4.94. The Morgan fingerprint density at radius 1 is 1.07 bits per heavy atom. The number of hydrazone groups is 1. The van der Waals surface area contributed by atoms with Crippen molar-refractivity contribution in [3.05, 3.63) is 65.9 Å². The number of aromatic nitrogens is 1. The molecule has 1 heterocycles. The van der Waals surface area contributed by atoms with Crippen LogP contribution in [-0.4, -0.2) is 36.2 Å². The number of carbonyl (C=O) groups is 2. The van der Waals surface area contributed by atoms with Gasteiger partial charge in [-0.15, -0.1) is 0 Å². The maximum absolute atomic E-state index is 11.8. The molecule has 0 radical (unpaired) electrons. The predicted octanol–water partition coefficient (Wildman–Crippen LogP) is 2.12. The number of ether oxygens (including phenoxy) is 1. The molecule has 3 aromatic rings. The predicted molar refractivity (Wildman–Crippen MR) is 104 cm³/mol. The summed E-state index contributed by atoms with van der Waals surface area (Å²) in [5, 5.41) is 7.48. The highest BCUT2D eigenvalue weighted by Gasteiger charge is 2.07. The van der Waals surface area contributed by atoms with E-state index in [2.05, 4.69) is 20.8 Å². The first kappa shape index (κ1) is 18.2. The fourth-order valence-electron chi connectivity index (χ4n) is 2.57. The van der Waals surface area contributed by atoms with Gasteiger partial charge in [0.2, 0.25) is 0 Å². The highest BCUT2D eigenvalue weighted by atomic mass is 16.5. The summed E-state index contributed by atoms with van der Waals surface area (Å²) in [6, 6.07) is 16.8. The van der Waals surface area contributed by atoms with E-state index >= 15 is 0 Å². The Labute approximate surface area is 156 Å². The van der Waals surface area contributed by atoms with Crippen LogP contribution >= 0.6 is 0 Å². The Hall–Kier alpha value is -3.61. The fraction of sp³-hybridized carbons (Fsp3) is 0.150. The van der Waals surface area contributed by atoms with Crippen molar-refractivity contribution < 1.29 is 14.3 Å². The van der Waals surface area contributed by atoms with Gasteiger partial charge in [0, 0.05) is 22.2 Å². The number of hydrogen-bond acceptors (Lipinski definition) is 4. The second kappa shape index (κ2) is 8.66. The van der Waals surface area contributed by atoms with Crippen molar-refractivity contribution in [1.29, 1.82) is 0 Å². The summed E-state index contributed by atoms with van der Waals surface area (Å²) in [6.45, 7) is 1.60. The summed E-state index contributed by atoms with van der Waals surface area (Å²) < 4.78 is 5.31. The van der Waals surface area contributed by atoms with E-state index in [1.54, 1.807) is 18.3 Å². The van der Waals surface area contributed by atoms with E-state index in [1.807, 2.05) is 49.4 Å². The van der Waals surface area contributed by atoms with Gasteiger partial charge in [-0.2, -0.15) is 5.10 Å². The van der Waals surface area contributed by atoms with E-state index in [1.165, 1.54) is 0 Å². The molecule has 2 aromatic carbocycles. The SMILES string of the molecule is Cc1[nH]c2ccccc2c1/C=N/NC(=O)CNC(=O)COc1ccccc1. The van der Waals surface area contributed by atoms with Gasteiger partial charge in [0.05, 0.1) is 12.8 Å². The molecule has 27 heavy (non-hydrogen) atoms. The number of nitrogens with zero attached hydrogens (tertiary/aromatic N) is 1. The van der Waals surface area contributed by atoms with Crippen LogP contribution in [0, 0.1) is 6.92 Å². The Morgan fingerprint density at radius 2 is 1.81 bits per heavy atom. The van der Waals surface area contributed by atoms with Crippen LogP contribution in [-0.2, 0) is 9.59 Å². The fourth-order valence-corrected chi connectivity index (χ4v) is 2.57. The Bertz CT molecular complexity index is 964. The monoisotopic (exact) mass is 364 g/mol. The number of aryl methyl sites for hydroxylation is 1. The smallest absolute Gasteiger partial charge is 0.259 e.